The zero-order valence-electron chi connectivity index (χ0n) is 12.5. The number of amides is 1. The van der Waals surface area contributed by atoms with Gasteiger partial charge in [-0.25, -0.2) is 4.39 Å². The van der Waals surface area contributed by atoms with E-state index in [0.29, 0.717) is 25.2 Å². The van der Waals surface area contributed by atoms with Crippen LogP contribution in [0, 0.1) is 5.82 Å². The molecular formula is C16H23FN2O2. The number of benzene rings is 1. The van der Waals surface area contributed by atoms with Gasteiger partial charge in [-0.15, -0.1) is 0 Å². The number of halogens is 1. The summed E-state index contributed by atoms with van der Waals surface area (Å²) in [5.41, 5.74) is 0.770. The molecule has 0 aromatic heterocycles. The largest absolute Gasteiger partial charge is 0.493 e. The van der Waals surface area contributed by atoms with E-state index in [1.54, 1.807) is 6.07 Å². The molecule has 2 rings (SSSR count). The maximum atomic E-state index is 13.4. The van der Waals surface area contributed by atoms with Gasteiger partial charge >= 0.3 is 0 Å². The van der Waals surface area contributed by atoms with Crippen LogP contribution in [0.2, 0.25) is 0 Å². The molecule has 0 aliphatic carbocycles. The van der Waals surface area contributed by atoms with Gasteiger partial charge in [0.25, 0.3) is 0 Å². The zero-order valence-corrected chi connectivity index (χ0v) is 12.5. The highest BCUT2D eigenvalue weighted by molar-refractivity contribution is 5.76. The molecule has 1 N–H and O–H groups in total. The van der Waals surface area contributed by atoms with Crippen LogP contribution in [0.4, 0.5) is 4.39 Å². The van der Waals surface area contributed by atoms with Crippen LogP contribution in [0.5, 0.6) is 5.75 Å². The zero-order chi connectivity index (χ0) is 15.1. The Balaban J connectivity index is 1.94. The number of nitrogens with one attached hydrogen (secondary N) is 1. The van der Waals surface area contributed by atoms with Crippen molar-refractivity contribution in [1.29, 1.82) is 0 Å². The van der Waals surface area contributed by atoms with Gasteiger partial charge in [0, 0.05) is 32.6 Å². The summed E-state index contributed by atoms with van der Waals surface area (Å²) in [4.78, 5) is 14.0. The number of piperazine rings is 1. The predicted octanol–water partition coefficient (Wildman–Crippen LogP) is 1.98. The Morgan fingerprint density at radius 1 is 1.38 bits per heavy atom. The molecule has 0 unspecified atom stereocenters. The van der Waals surface area contributed by atoms with E-state index in [9.17, 15) is 9.18 Å². The predicted molar refractivity (Wildman–Crippen MR) is 80.0 cm³/mol. The summed E-state index contributed by atoms with van der Waals surface area (Å²) in [7, 11) is 0. The summed E-state index contributed by atoms with van der Waals surface area (Å²) < 4.78 is 19.0. The Morgan fingerprint density at radius 3 is 2.86 bits per heavy atom. The molecule has 116 valence electrons. The minimum atomic E-state index is -0.288. The van der Waals surface area contributed by atoms with Crippen LogP contribution < -0.4 is 10.1 Å². The highest BCUT2D eigenvalue weighted by atomic mass is 19.1. The smallest absolute Gasteiger partial charge is 0.222 e. The minimum Gasteiger partial charge on any atom is -0.493 e. The van der Waals surface area contributed by atoms with Crippen molar-refractivity contribution >= 4 is 5.91 Å². The fourth-order valence-electron chi connectivity index (χ4n) is 2.41. The second-order valence-corrected chi connectivity index (χ2v) is 5.23. The third-order valence-corrected chi connectivity index (χ3v) is 3.56. The quantitative estimate of drug-likeness (QED) is 0.872. The third kappa shape index (κ3) is 4.70. The van der Waals surface area contributed by atoms with Gasteiger partial charge in [-0.3, -0.25) is 4.79 Å². The maximum absolute atomic E-state index is 13.4. The number of carbonyl (C=O) groups excluding carboxylic acids is 1. The molecule has 4 nitrogen and oxygen atoms in total. The van der Waals surface area contributed by atoms with Crippen LogP contribution >= 0.6 is 0 Å². The standard InChI is InChI=1S/C16H23FN2O2/c1-2-11-21-15-5-4-14(17)12-13(15)3-6-16(20)19-9-7-18-8-10-19/h4-5,12,18H,2-3,6-11H2,1H3. The van der Waals surface area contributed by atoms with Crippen molar-refractivity contribution < 1.29 is 13.9 Å². The molecule has 1 aromatic rings. The fraction of sp³-hybridized carbons (Fsp3) is 0.562. The summed E-state index contributed by atoms with van der Waals surface area (Å²) >= 11 is 0. The van der Waals surface area contributed by atoms with E-state index in [2.05, 4.69) is 5.32 Å². The maximum Gasteiger partial charge on any atom is 0.222 e. The van der Waals surface area contributed by atoms with Gasteiger partial charge in [0.1, 0.15) is 11.6 Å². The molecule has 1 aromatic carbocycles. The lowest BCUT2D eigenvalue weighted by Gasteiger charge is -2.27. The molecule has 1 aliphatic heterocycles. The molecule has 0 atom stereocenters. The van der Waals surface area contributed by atoms with Gasteiger partial charge in [0.15, 0.2) is 0 Å². The molecule has 0 bridgehead atoms. The van der Waals surface area contributed by atoms with Gasteiger partial charge in [-0.05, 0) is 36.6 Å². The Labute approximate surface area is 125 Å². The molecular weight excluding hydrogens is 271 g/mol. The average Bonchev–Trinajstić information content (AvgIpc) is 2.52. The molecule has 0 saturated carbocycles. The lowest BCUT2D eigenvalue weighted by atomic mass is 10.1. The summed E-state index contributed by atoms with van der Waals surface area (Å²) in [5, 5.41) is 3.22. The summed E-state index contributed by atoms with van der Waals surface area (Å²) in [5.74, 6) is 0.525. The number of hydrogen-bond donors (Lipinski definition) is 1. The van der Waals surface area contributed by atoms with Crippen LogP contribution in [-0.4, -0.2) is 43.6 Å². The Hall–Kier alpha value is -1.62. The molecule has 0 spiro atoms. The number of nitrogens with zero attached hydrogens (tertiary/aromatic N) is 1. The molecule has 1 aliphatic rings. The Bertz CT molecular complexity index is 473. The second-order valence-electron chi connectivity index (χ2n) is 5.23. The first-order chi connectivity index (χ1) is 10.2. The van der Waals surface area contributed by atoms with E-state index in [0.717, 1.165) is 38.2 Å². The van der Waals surface area contributed by atoms with E-state index in [1.807, 2.05) is 11.8 Å². The van der Waals surface area contributed by atoms with Gasteiger partial charge in [0.05, 0.1) is 6.61 Å². The first kappa shape index (κ1) is 15.8. The number of carbonyl (C=O) groups is 1. The molecule has 0 radical (unpaired) electrons. The molecule has 1 heterocycles. The Kier molecular flexibility index (Phi) is 5.99. The molecule has 5 heteroatoms. The van der Waals surface area contributed by atoms with E-state index >= 15 is 0 Å². The monoisotopic (exact) mass is 294 g/mol. The third-order valence-electron chi connectivity index (χ3n) is 3.56. The average molecular weight is 294 g/mol. The number of ether oxygens (including phenoxy) is 1. The normalized spacial score (nSPS) is 15.0. The van der Waals surface area contributed by atoms with Crippen LogP contribution in [0.25, 0.3) is 0 Å². The van der Waals surface area contributed by atoms with E-state index in [-0.39, 0.29) is 11.7 Å². The molecule has 21 heavy (non-hydrogen) atoms. The van der Waals surface area contributed by atoms with E-state index in [1.165, 1.54) is 12.1 Å². The van der Waals surface area contributed by atoms with Crippen LogP contribution in [0.15, 0.2) is 18.2 Å². The van der Waals surface area contributed by atoms with Crippen molar-refractivity contribution in [3.05, 3.63) is 29.6 Å². The van der Waals surface area contributed by atoms with E-state index < -0.39 is 0 Å². The lowest BCUT2D eigenvalue weighted by molar-refractivity contribution is -0.131. The van der Waals surface area contributed by atoms with Crippen LogP contribution in [0.1, 0.15) is 25.3 Å². The van der Waals surface area contributed by atoms with E-state index in [4.69, 9.17) is 4.74 Å². The molecule has 1 saturated heterocycles. The topological polar surface area (TPSA) is 41.6 Å². The molecule has 1 amide bonds. The fourth-order valence-corrected chi connectivity index (χ4v) is 2.41. The van der Waals surface area contributed by atoms with Crippen molar-refractivity contribution in [3.63, 3.8) is 0 Å². The number of rotatable bonds is 6. The molecule has 1 fully saturated rings. The van der Waals surface area contributed by atoms with Gasteiger partial charge in [0.2, 0.25) is 5.91 Å². The van der Waals surface area contributed by atoms with Gasteiger partial charge in [-0.1, -0.05) is 6.92 Å². The van der Waals surface area contributed by atoms with Crippen molar-refractivity contribution in [1.82, 2.24) is 10.2 Å². The van der Waals surface area contributed by atoms with Crippen molar-refractivity contribution in [2.45, 2.75) is 26.2 Å². The SMILES string of the molecule is CCCOc1ccc(F)cc1CCC(=O)N1CCNCC1. The number of aryl methyl sites for hydroxylation is 1. The van der Waals surface area contributed by atoms with Gasteiger partial charge in [-0.2, -0.15) is 0 Å². The van der Waals surface area contributed by atoms with Crippen molar-refractivity contribution in [2.75, 3.05) is 32.8 Å². The Morgan fingerprint density at radius 2 is 2.14 bits per heavy atom. The second kappa shape index (κ2) is 7.98. The summed E-state index contributed by atoms with van der Waals surface area (Å²) in [6, 6.07) is 4.51. The lowest BCUT2D eigenvalue weighted by Crippen LogP contribution is -2.46. The minimum absolute atomic E-state index is 0.127. The van der Waals surface area contributed by atoms with Crippen LogP contribution in [0.3, 0.4) is 0 Å². The first-order valence-corrected chi connectivity index (χ1v) is 7.60. The first-order valence-electron chi connectivity index (χ1n) is 7.60. The highest BCUT2D eigenvalue weighted by Crippen LogP contribution is 2.22. The van der Waals surface area contributed by atoms with Crippen LogP contribution in [-0.2, 0) is 11.2 Å². The highest BCUT2D eigenvalue weighted by Gasteiger charge is 2.16. The van der Waals surface area contributed by atoms with Crippen molar-refractivity contribution in [2.24, 2.45) is 0 Å². The van der Waals surface area contributed by atoms with Crippen molar-refractivity contribution in [3.8, 4) is 5.75 Å². The summed E-state index contributed by atoms with van der Waals surface area (Å²) in [6.07, 6.45) is 1.81. The number of hydrogen-bond acceptors (Lipinski definition) is 3. The van der Waals surface area contributed by atoms with Gasteiger partial charge < -0.3 is 15.0 Å². The summed E-state index contributed by atoms with van der Waals surface area (Å²) in [6.45, 7) is 5.82.